The van der Waals surface area contributed by atoms with Gasteiger partial charge < -0.3 is 18.9 Å². The third kappa shape index (κ3) is 4.26. The van der Waals surface area contributed by atoms with E-state index in [1.165, 1.54) is 0 Å². The van der Waals surface area contributed by atoms with E-state index in [2.05, 4.69) is 23.3 Å². The van der Waals surface area contributed by atoms with Crippen molar-refractivity contribution in [1.82, 2.24) is 9.44 Å². The highest BCUT2D eigenvalue weighted by Gasteiger charge is 2.71. The first-order chi connectivity index (χ1) is 20.3. The molecule has 2 N–H and O–H groups in total. The van der Waals surface area contributed by atoms with Crippen molar-refractivity contribution < 1.29 is 46.9 Å². The van der Waals surface area contributed by atoms with Crippen LogP contribution in [0.3, 0.4) is 0 Å². The fourth-order valence-corrected chi connectivity index (χ4v) is 11.6. The third-order valence-corrected chi connectivity index (χ3v) is 13.9. The van der Waals surface area contributed by atoms with Crippen LogP contribution in [0.1, 0.15) is 92.9 Å². The molecule has 9 unspecified atom stereocenters. The molecule has 2 saturated carbocycles. The Morgan fingerprint density at radius 2 is 1.00 bits per heavy atom. The lowest BCUT2D eigenvalue weighted by molar-refractivity contribution is -0.571. The standard InChI is InChI=1S/C30H48N2O10S/c1-15-7-9-21-17(3)23(35-25-29(21)19(15)11-13-27(5,37-25)39-41-29)31-43(33,34)32-24-18(4)22-10-8-16(2)20-12-14-28(6)38-26(36-24)30(20,22)42-40-28/h15-26,31-32H,7-14H2,1-6H3/t15-,16-,17-,18-,19?,20?,21?,22?,23-,24?,25?,26?,27?,28?,29-,30-/m1/s1. The summed E-state index contributed by atoms with van der Waals surface area (Å²) in [5.74, 6) is -0.983. The Labute approximate surface area is 254 Å². The van der Waals surface area contributed by atoms with Crippen molar-refractivity contribution in [2.75, 3.05) is 0 Å². The monoisotopic (exact) mass is 628 g/mol. The summed E-state index contributed by atoms with van der Waals surface area (Å²) < 4.78 is 59.1. The minimum atomic E-state index is -4.08. The Kier molecular flexibility index (Phi) is 6.81. The minimum absolute atomic E-state index is 0.00139. The first-order valence-electron chi connectivity index (χ1n) is 16.5. The van der Waals surface area contributed by atoms with Crippen LogP contribution in [0.15, 0.2) is 0 Å². The van der Waals surface area contributed by atoms with E-state index in [0.29, 0.717) is 24.7 Å². The smallest absolute Gasteiger partial charge is 0.281 e. The summed E-state index contributed by atoms with van der Waals surface area (Å²) in [6, 6.07) is 0. The van der Waals surface area contributed by atoms with Gasteiger partial charge in [-0.1, -0.05) is 27.7 Å². The summed E-state index contributed by atoms with van der Waals surface area (Å²) in [6.07, 6.45) is 3.92. The summed E-state index contributed by atoms with van der Waals surface area (Å²) in [5.41, 5.74) is -1.53. The zero-order valence-electron chi connectivity index (χ0n) is 26.1. The Balaban J connectivity index is 1.03. The van der Waals surface area contributed by atoms with Gasteiger partial charge >= 0.3 is 0 Å². The van der Waals surface area contributed by atoms with Gasteiger partial charge in [-0.25, -0.2) is 19.6 Å². The maximum atomic E-state index is 13.8. The molecule has 2 aliphatic carbocycles. The van der Waals surface area contributed by atoms with Crippen molar-refractivity contribution in [2.45, 2.75) is 141 Å². The molecule has 2 spiro atoms. The predicted molar refractivity (Wildman–Crippen MR) is 149 cm³/mol. The molecule has 10 rings (SSSR count). The number of nitrogens with one attached hydrogen (secondary N) is 2. The average Bonchev–Trinajstić information content (AvgIpc) is 3.31. The zero-order chi connectivity index (χ0) is 30.2. The van der Waals surface area contributed by atoms with Gasteiger partial charge in [-0.15, -0.1) is 0 Å². The fraction of sp³-hybridized carbons (Fsp3) is 1.00. The molecule has 10 aliphatic rings. The van der Waals surface area contributed by atoms with Crippen LogP contribution in [0.2, 0.25) is 0 Å². The van der Waals surface area contributed by atoms with Crippen molar-refractivity contribution in [3.05, 3.63) is 0 Å². The SMILES string of the molecule is C[C@H]1C(NS(=O)(=O)N[C@@H]2OC3OC4(C)CCC5[C@H](C)CCC([C@H]2C)[C@@]35OO4)OC2OC3(C)CCC4[C@H](C)CCC1[C@@]24OO3. The summed E-state index contributed by atoms with van der Waals surface area (Å²) >= 11 is 0. The number of fused-ring (bicyclic) bond motifs is 4. The van der Waals surface area contributed by atoms with E-state index in [-0.39, 0.29) is 35.5 Å². The minimum Gasteiger partial charge on any atom is -0.330 e. The lowest BCUT2D eigenvalue weighted by atomic mass is 9.58. The molecule has 0 radical (unpaired) electrons. The lowest BCUT2D eigenvalue weighted by Crippen LogP contribution is -2.73. The Bertz CT molecular complexity index is 1160. The molecule has 0 aromatic heterocycles. The zero-order valence-corrected chi connectivity index (χ0v) is 26.9. The van der Waals surface area contributed by atoms with E-state index in [1.807, 2.05) is 27.7 Å². The molecular formula is C30H48N2O10S. The third-order valence-electron chi connectivity index (χ3n) is 12.9. The van der Waals surface area contributed by atoms with Gasteiger partial charge in [0, 0.05) is 36.5 Å². The molecule has 12 nitrogen and oxygen atoms in total. The van der Waals surface area contributed by atoms with Gasteiger partial charge in [0.25, 0.3) is 10.2 Å². The van der Waals surface area contributed by atoms with Crippen LogP contribution in [-0.4, -0.2) is 56.2 Å². The molecule has 8 aliphatic heterocycles. The number of hydrogen-bond donors (Lipinski definition) is 2. The van der Waals surface area contributed by atoms with E-state index in [4.69, 9.17) is 38.5 Å². The fourth-order valence-electron chi connectivity index (χ4n) is 10.4. The quantitative estimate of drug-likeness (QED) is 0.443. The molecule has 13 heteroatoms. The molecule has 0 amide bonds. The molecule has 8 heterocycles. The molecular weight excluding hydrogens is 580 g/mol. The highest BCUT2D eigenvalue weighted by atomic mass is 32.2. The molecule has 0 aromatic rings. The molecule has 0 aromatic carbocycles. The van der Waals surface area contributed by atoms with E-state index < -0.39 is 58.0 Å². The Morgan fingerprint density at radius 3 is 1.42 bits per heavy atom. The maximum absolute atomic E-state index is 13.8. The summed E-state index contributed by atoms with van der Waals surface area (Å²) in [7, 11) is -4.08. The van der Waals surface area contributed by atoms with Gasteiger partial charge in [0.1, 0.15) is 12.5 Å². The van der Waals surface area contributed by atoms with Crippen molar-refractivity contribution >= 4 is 10.2 Å². The highest BCUT2D eigenvalue weighted by molar-refractivity contribution is 7.87. The number of rotatable bonds is 4. The van der Waals surface area contributed by atoms with Crippen LogP contribution < -0.4 is 9.44 Å². The van der Waals surface area contributed by atoms with Crippen LogP contribution >= 0.6 is 0 Å². The largest absolute Gasteiger partial charge is 0.330 e. The van der Waals surface area contributed by atoms with Gasteiger partial charge in [0.2, 0.25) is 11.6 Å². The van der Waals surface area contributed by atoms with Gasteiger partial charge in [-0.3, -0.25) is 0 Å². The predicted octanol–water partition coefficient (Wildman–Crippen LogP) is 3.83. The Hall–Kier alpha value is -0.450. The second-order valence-electron chi connectivity index (χ2n) is 15.4. The van der Waals surface area contributed by atoms with Crippen LogP contribution in [0, 0.1) is 47.3 Å². The van der Waals surface area contributed by atoms with E-state index in [9.17, 15) is 8.42 Å². The van der Waals surface area contributed by atoms with Crippen molar-refractivity contribution in [1.29, 1.82) is 0 Å². The van der Waals surface area contributed by atoms with Gasteiger partial charge in [0.15, 0.2) is 23.8 Å². The van der Waals surface area contributed by atoms with Crippen LogP contribution in [0.4, 0.5) is 0 Å². The summed E-state index contributed by atoms with van der Waals surface area (Å²) in [5, 5.41) is 0. The lowest BCUT2D eigenvalue weighted by Gasteiger charge is -2.60. The second kappa shape index (κ2) is 9.79. The molecule has 10 fully saturated rings. The van der Waals surface area contributed by atoms with Gasteiger partial charge in [-0.2, -0.15) is 17.9 Å². The molecule has 244 valence electrons. The molecule has 43 heavy (non-hydrogen) atoms. The van der Waals surface area contributed by atoms with Crippen LogP contribution in [0.5, 0.6) is 0 Å². The number of hydrogen-bond acceptors (Lipinski definition) is 10. The van der Waals surface area contributed by atoms with Crippen LogP contribution in [-0.2, 0) is 48.7 Å². The van der Waals surface area contributed by atoms with Crippen molar-refractivity contribution in [2.24, 2.45) is 47.3 Å². The molecule has 16 atom stereocenters. The first-order valence-corrected chi connectivity index (χ1v) is 18.0. The highest BCUT2D eigenvalue weighted by Crippen LogP contribution is 2.62. The molecule has 8 saturated heterocycles. The van der Waals surface area contributed by atoms with Crippen LogP contribution in [0.25, 0.3) is 0 Å². The van der Waals surface area contributed by atoms with Gasteiger partial charge in [0.05, 0.1) is 0 Å². The topological polar surface area (TPSA) is 132 Å². The van der Waals surface area contributed by atoms with E-state index >= 15 is 0 Å². The average molecular weight is 629 g/mol. The van der Waals surface area contributed by atoms with Gasteiger partial charge in [-0.05, 0) is 76.0 Å². The normalized spacial score (nSPS) is 59.1. The maximum Gasteiger partial charge on any atom is 0.281 e. The summed E-state index contributed by atoms with van der Waals surface area (Å²) in [4.78, 5) is 24.2. The van der Waals surface area contributed by atoms with Crippen molar-refractivity contribution in [3.8, 4) is 0 Å². The summed E-state index contributed by atoms with van der Waals surface area (Å²) in [6.45, 7) is 12.3. The van der Waals surface area contributed by atoms with E-state index in [1.54, 1.807) is 0 Å². The second-order valence-corrected chi connectivity index (χ2v) is 16.9. The van der Waals surface area contributed by atoms with Crippen molar-refractivity contribution in [3.63, 3.8) is 0 Å². The molecule has 4 bridgehead atoms. The number of ether oxygens (including phenoxy) is 4. The Morgan fingerprint density at radius 1 is 0.581 bits per heavy atom. The van der Waals surface area contributed by atoms with E-state index in [0.717, 1.165) is 38.5 Å². The first kappa shape index (κ1) is 29.9.